The maximum absolute atomic E-state index is 13.2. The zero-order chi connectivity index (χ0) is 24.8. The predicted molar refractivity (Wildman–Crippen MR) is 124 cm³/mol. The van der Waals surface area contributed by atoms with E-state index in [2.05, 4.69) is 21.9 Å². The fourth-order valence-electron chi connectivity index (χ4n) is 3.56. The fourth-order valence-corrected chi connectivity index (χ4v) is 3.56. The molecule has 0 atom stereocenters. The van der Waals surface area contributed by atoms with E-state index >= 15 is 0 Å². The van der Waals surface area contributed by atoms with Crippen molar-refractivity contribution < 1.29 is 32.2 Å². The molecule has 0 spiro atoms. The van der Waals surface area contributed by atoms with Gasteiger partial charge in [0.15, 0.2) is 0 Å². The number of ether oxygens (including phenoxy) is 3. The van der Waals surface area contributed by atoms with Crippen LogP contribution in [0.3, 0.4) is 0 Å². The number of amides is 1. The van der Waals surface area contributed by atoms with Crippen molar-refractivity contribution in [2.24, 2.45) is 0 Å². The number of carbonyl (C=O) groups is 1. The first-order chi connectivity index (χ1) is 16.9. The lowest BCUT2D eigenvalue weighted by Crippen LogP contribution is -2.33. The molecule has 35 heavy (non-hydrogen) atoms. The van der Waals surface area contributed by atoms with E-state index in [1.165, 1.54) is 29.4 Å². The Morgan fingerprint density at radius 1 is 1.06 bits per heavy atom. The van der Waals surface area contributed by atoms with Crippen LogP contribution in [0.4, 0.5) is 30.4 Å². The summed E-state index contributed by atoms with van der Waals surface area (Å²) in [5.74, 6) is 0.296. The Morgan fingerprint density at radius 3 is 2.60 bits per heavy atom. The topological polar surface area (TPSA) is 85.8 Å². The molecular weight excluding hydrogens is 465 g/mol. The van der Waals surface area contributed by atoms with E-state index in [-0.39, 0.29) is 37.2 Å². The van der Waals surface area contributed by atoms with Crippen molar-refractivity contribution >= 4 is 34.0 Å². The second-order valence-corrected chi connectivity index (χ2v) is 7.53. The van der Waals surface area contributed by atoms with Gasteiger partial charge < -0.3 is 24.4 Å². The van der Waals surface area contributed by atoms with E-state index in [1.54, 1.807) is 12.1 Å². The molecule has 0 bridgehead atoms. The van der Waals surface area contributed by atoms with E-state index < -0.39 is 11.7 Å². The molecule has 0 saturated heterocycles. The van der Waals surface area contributed by atoms with Crippen LogP contribution in [0.2, 0.25) is 0 Å². The molecule has 0 radical (unpaired) electrons. The number of carbonyl (C=O) groups excluding carboxylic acids is 1. The SMILES string of the molecule is C=CC(=O)N1CCOCCOCCOc2cc3ncnc(Nc4cccc(C(F)(F)F)c4)c3cc21. The third-order valence-electron chi connectivity index (χ3n) is 5.22. The first-order valence-corrected chi connectivity index (χ1v) is 10.8. The van der Waals surface area contributed by atoms with Crippen LogP contribution < -0.4 is 15.0 Å². The quantitative estimate of drug-likeness (QED) is 0.549. The van der Waals surface area contributed by atoms with E-state index in [1.807, 2.05) is 0 Å². The van der Waals surface area contributed by atoms with E-state index in [0.717, 1.165) is 12.1 Å². The van der Waals surface area contributed by atoms with Gasteiger partial charge in [-0.2, -0.15) is 13.2 Å². The normalized spacial score (nSPS) is 15.3. The van der Waals surface area contributed by atoms with E-state index in [0.29, 0.717) is 42.2 Å². The van der Waals surface area contributed by atoms with Gasteiger partial charge in [-0.3, -0.25) is 4.79 Å². The van der Waals surface area contributed by atoms with Crippen LogP contribution in [0.15, 0.2) is 55.4 Å². The summed E-state index contributed by atoms with van der Waals surface area (Å²) in [5.41, 5.74) is 0.314. The van der Waals surface area contributed by atoms with Gasteiger partial charge in [-0.05, 0) is 30.3 Å². The molecular formula is C24H23F3N4O4. The molecule has 11 heteroatoms. The molecule has 184 valence electrons. The number of halogens is 3. The molecule has 1 aliphatic heterocycles. The molecule has 1 amide bonds. The Labute approximate surface area is 199 Å². The largest absolute Gasteiger partial charge is 0.489 e. The van der Waals surface area contributed by atoms with Gasteiger partial charge >= 0.3 is 6.18 Å². The lowest BCUT2D eigenvalue weighted by atomic mass is 10.1. The monoisotopic (exact) mass is 488 g/mol. The lowest BCUT2D eigenvalue weighted by Gasteiger charge is -2.25. The highest BCUT2D eigenvalue weighted by Crippen LogP contribution is 2.37. The number of hydrogen-bond donors (Lipinski definition) is 1. The molecule has 0 aliphatic carbocycles. The van der Waals surface area contributed by atoms with Gasteiger partial charge in [-0.1, -0.05) is 12.6 Å². The maximum Gasteiger partial charge on any atom is 0.416 e. The first-order valence-electron chi connectivity index (χ1n) is 10.8. The number of nitrogens with one attached hydrogen (secondary N) is 1. The van der Waals surface area contributed by atoms with Crippen molar-refractivity contribution in [1.82, 2.24) is 9.97 Å². The second kappa shape index (κ2) is 10.7. The second-order valence-electron chi connectivity index (χ2n) is 7.53. The summed E-state index contributed by atoms with van der Waals surface area (Å²) in [4.78, 5) is 22.7. The third kappa shape index (κ3) is 5.87. The van der Waals surface area contributed by atoms with Gasteiger partial charge in [-0.25, -0.2) is 9.97 Å². The number of nitrogens with zero attached hydrogens (tertiary/aromatic N) is 3. The third-order valence-corrected chi connectivity index (χ3v) is 5.22. The predicted octanol–water partition coefficient (Wildman–Crippen LogP) is 4.34. The van der Waals surface area contributed by atoms with Gasteiger partial charge in [0.2, 0.25) is 0 Å². The number of alkyl halides is 3. The Morgan fingerprint density at radius 2 is 1.83 bits per heavy atom. The molecule has 2 aromatic carbocycles. The molecule has 1 aliphatic rings. The van der Waals surface area contributed by atoms with Gasteiger partial charge in [0.1, 0.15) is 24.5 Å². The Hall–Kier alpha value is -3.70. The summed E-state index contributed by atoms with van der Waals surface area (Å²) in [5, 5.41) is 3.42. The number of rotatable bonds is 3. The Balaban J connectivity index is 1.78. The zero-order valence-electron chi connectivity index (χ0n) is 18.7. The minimum atomic E-state index is -4.48. The summed E-state index contributed by atoms with van der Waals surface area (Å²) >= 11 is 0. The standard InChI is InChI=1S/C24H23F3N4O4/c1-2-22(32)31-6-7-33-8-9-34-10-11-35-21-14-19-18(13-20(21)31)23(29-15-28-19)30-17-5-3-4-16(12-17)24(25,26)27/h2-5,12-15H,1,6-11H2,(H,28,29,30). The minimum Gasteiger partial charge on any atom is -0.489 e. The highest BCUT2D eigenvalue weighted by molar-refractivity contribution is 6.05. The number of anilines is 3. The number of hydrogen-bond acceptors (Lipinski definition) is 7. The van der Waals surface area contributed by atoms with Crippen LogP contribution >= 0.6 is 0 Å². The van der Waals surface area contributed by atoms with E-state index in [4.69, 9.17) is 14.2 Å². The molecule has 4 rings (SSSR count). The fraction of sp³-hybridized carbons (Fsp3) is 0.292. The Bertz CT molecular complexity index is 1220. The van der Waals surface area contributed by atoms with Crippen molar-refractivity contribution in [3.05, 3.63) is 60.9 Å². The Kier molecular flexibility index (Phi) is 7.47. The summed E-state index contributed by atoms with van der Waals surface area (Å²) in [7, 11) is 0. The van der Waals surface area contributed by atoms with Crippen LogP contribution in [-0.2, 0) is 20.4 Å². The molecule has 2 heterocycles. The van der Waals surface area contributed by atoms with Crippen LogP contribution in [0, 0.1) is 0 Å². The molecule has 3 aromatic rings. The van der Waals surface area contributed by atoms with Crippen LogP contribution in [0.5, 0.6) is 5.75 Å². The van der Waals surface area contributed by atoms with Gasteiger partial charge in [-0.15, -0.1) is 0 Å². The average Bonchev–Trinajstić information content (AvgIpc) is 2.83. The summed E-state index contributed by atoms with van der Waals surface area (Å²) in [6.07, 6.45) is -2.00. The molecule has 0 unspecified atom stereocenters. The van der Waals surface area contributed by atoms with E-state index in [9.17, 15) is 18.0 Å². The van der Waals surface area contributed by atoms with Crippen molar-refractivity contribution in [2.45, 2.75) is 6.18 Å². The van der Waals surface area contributed by atoms with Crippen molar-refractivity contribution in [2.75, 3.05) is 49.8 Å². The molecule has 1 aromatic heterocycles. The average molecular weight is 488 g/mol. The summed E-state index contributed by atoms with van der Waals surface area (Å²) < 4.78 is 56.4. The molecule has 8 nitrogen and oxygen atoms in total. The first kappa shape index (κ1) is 24.4. The highest BCUT2D eigenvalue weighted by Gasteiger charge is 2.30. The highest BCUT2D eigenvalue weighted by atomic mass is 19.4. The van der Waals surface area contributed by atoms with Crippen LogP contribution in [0.1, 0.15) is 5.56 Å². The van der Waals surface area contributed by atoms with Gasteiger partial charge in [0.25, 0.3) is 5.91 Å². The van der Waals surface area contributed by atoms with Crippen LogP contribution in [-0.4, -0.2) is 55.5 Å². The molecule has 0 saturated carbocycles. The zero-order valence-corrected chi connectivity index (χ0v) is 18.7. The van der Waals surface area contributed by atoms with Gasteiger partial charge in [0, 0.05) is 23.7 Å². The summed E-state index contributed by atoms with van der Waals surface area (Å²) in [6, 6.07) is 8.11. The van der Waals surface area contributed by atoms with Crippen molar-refractivity contribution in [3.8, 4) is 5.75 Å². The smallest absolute Gasteiger partial charge is 0.416 e. The lowest BCUT2D eigenvalue weighted by molar-refractivity contribution is -0.137. The van der Waals surface area contributed by atoms with Crippen molar-refractivity contribution in [3.63, 3.8) is 0 Å². The number of fused-ring (bicyclic) bond motifs is 2. The van der Waals surface area contributed by atoms with Crippen molar-refractivity contribution in [1.29, 1.82) is 0 Å². The number of aromatic nitrogens is 2. The molecule has 1 N–H and O–H groups in total. The summed E-state index contributed by atoms with van der Waals surface area (Å²) in [6.45, 7) is 5.38. The minimum absolute atomic E-state index is 0.202. The van der Waals surface area contributed by atoms with Crippen LogP contribution in [0.25, 0.3) is 10.9 Å². The van der Waals surface area contributed by atoms with Gasteiger partial charge in [0.05, 0.1) is 43.2 Å². The number of benzene rings is 2. The molecule has 0 fully saturated rings. The maximum atomic E-state index is 13.2.